The van der Waals surface area contributed by atoms with E-state index in [4.69, 9.17) is 0 Å². The van der Waals surface area contributed by atoms with Crippen LogP contribution in [0.3, 0.4) is 0 Å². The van der Waals surface area contributed by atoms with Crippen LogP contribution in [0.4, 0.5) is 4.39 Å². The lowest BCUT2D eigenvalue weighted by atomic mass is 10.0. The van der Waals surface area contributed by atoms with E-state index in [-0.39, 0.29) is 25.3 Å². The second kappa shape index (κ2) is 11.3. The normalized spacial score (nSPS) is 17.3. The molecular formula is C26H27FN2O4S2. The number of amides is 1. The molecule has 184 valence electrons. The molecule has 1 aliphatic heterocycles. The van der Waals surface area contributed by atoms with Crippen molar-refractivity contribution in [1.82, 2.24) is 9.62 Å². The molecule has 3 aromatic carbocycles. The summed E-state index contributed by atoms with van der Waals surface area (Å²) >= 11 is 1.27. The van der Waals surface area contributed by atoms with Crippen LogP contribution < -0.4 is 5.32 Å². The van der Waals surface area contributed by atoms with Crippen LogP contribution in [0.25, 0.3) is 11.1 Å². The maximum Gasteiger partial charge on any atom is 0.249 e. The van der Waals surface area contributed by atoms with Crippen LogP contribution in [-0.4, -0.2) is 48.0 Å². The molecule has 0 bridgehead atoms. The molecule has 9 heteroatoms. The first kappa shape index (κ1) is 25.4. The molecule has 4 rings (SSSR count). The number of halogens is 1. The summed E-state index contributed by atoms with van der Waals surface area (Å²) in [5.41, 5.74) is 3.33. The van der Waals surface area contributed by atoms with Crippen LogP contribution in [0.5, 0.6) is 0 Å². The molecule has 0 unspecified atom stereocenters. The first-order valence-electron chi connectivity index (χ1n) is 11.3. The summed E-state index contributed by atoms with van der Waals surface area (Å²) in [6, 6.07) is 22.3. The highest BCUT2D eigenvalue weighted by Gasteiger charge is 2.40. The number of aliphatic hydroxyl groups excluding tert-OH is 1. The van der Waals surface area contributed by atoms with Gasteiger partial charge in [-0.3, -0.25) is 4.79 Å². The molecule has 6 nitrogen and oxygen atoms in total. The molecule has 0 saturated carbocycles. The Kier molecular flexibility index (Phi) is 8.22. The fraction of sp³-hybridized carbons (Fsp3) is 0.269. The highest BCUT2D eigenvalue weighted by Crippen LogP contribution is 2.30. The molecule has 1 amide bonds. The molecule has 1 fully saturated rings. The first-order chi connectivity index (χ1) is 16.9. The molecule has 2 atom stereocenters. The zero-order chi connectivity index (χ0) is 24.8. The van der Waals surface area contributed by atoms with Crippen molar-refractivity contribution in [3.05, 3.63) is 95.8 Å². The molecule has 2 N–H and O–H groups in total. The van der Waals surface area contributed by atoms with Crippen LogP contribution in [0.15, 0.2) is 78.9 Å². The fourth-order valence-electron chi connectivity index (χ4n) is 4.05. The van der Waals surface area contributed by atoms with E-state index >= 15 is 0 Å². The van der Waals surface area contributed by atoms with Crippen molar-refractivity contribution in [3.63, 3.8) is 0 Å². The summed E-state index contributed by atoms with van der Waals surface area (Å²) in [6.07, 6.45) is 0.231. The van der Waals surface area contributed by atoms with Gasteiger partial charge in [-0.05, 0) is 40.8 Å². The molecular weight excluding hydrogens is 487 g/mol. The second-order valence-electron chi connectivity index (χ2n) is 8.28. The Morgan fingerprint density at radius 3 is 2.34 bits per heavy atom. The van der Waals surface area contributed by atoms with Gasteiger partial charge in [0.1, 0.15) is 11.2 Å². The van der Waals surface area contributed by atoms with Gasteiger partial charge in [-0.2, -0.15) is 4.31 Å². The Morgan fingerprint density at radius 2 is 1.69 bits per heavy atom. The standard InChI is InChI=1S/C26H27FN2O4S2/c27-23-12-10-22(11-13-23)24(14-16-30)28-25(31)26-29(15-17-34-26)35(32,33)18-19-6-8-21(9-7-19)20-4-2-1-3-5-20/h1-13,24,26,30H,14-18H2,(H,28,31)/t24-,26-/m0/s1. The predicted octanol–water partition coefficient (Wildman–Crippen LogP) is 3.94. The van der Waals surface area contributed by atoms with E-state index in [0.29, 0.717) is 16.9 Å². The Labute approximate surface area is 209 Å². The van der Waals surface area contributed by atoms with Gasteiger partial charge in [-0.25, -0.2) is 12.8 Å². The van der Waals surface area contributed by atoms with Crippen molar-refractivity contribution in [2.75, 3.05) is 18.9 Å². The molecule has 35 heavy (non-hydrogen) atoms. The summed E-state index contributed by atoms with van der Waals surface area (Å²) in [5.74, 6) is -0.544. The number of nitrogens with zero attached hydrogens (tertiary/aromatic N) is 1. The minimum absolute atomic E-state index is 0.179. The molecule has 0 aromatic heterocycles. The number of benzene rings is 3. The highest BCUT2D eigenvalue weighted by molar-refractivity contribution is 8.02. The highest BCUT2D eigenvalue weighted by atomic mass is 32.2. The van der Waals surface area contributed by atoms with Gasteiger partial charge in [0.05, 0.1) is 11.8 Å². The Hall–Kier alpha value is -2.72. The van der Waals surface area contributed by atoms with Crippen LogP contribution in [0, 0.1) is 5.82 Å². The third-order valence-electron chi connectivity index (χ3n) is 5.85. The van der Waals surface area contributed by atoms with Gasteiger partial charge in [0.15, 0.2) is 0 Å². The van der Waals surface area contributed by atoms with Crippen molar-refractivity contribution >= 4 is 27.7 Å². The van der Waals surface area contributed by atoms with E-state index in [1.807, 2.05) is 42.5 Å². The maximum absolute atomic E-state index is 13.3. The largest absolute Gasteiger partial charge is 0.396 e. The summed E-state index contributed by atoms with van der Waals surface area (Å²) in [7, 11) is -3.75. The van der Waals surface area contributed by atoms with E-state index in [1.165, 1.54) is 28.2 Å². The summed E-state index contributed by atoms with van der Waals surface area (Å²) in [4.78, 5) is 13.1. The number of nitrogens with one attached hydrogen (secondary N) is 1. The summed E-state index contributed by atoms with van der Waals surface area (Å²) in [5, 5.41) is 11.4. The van der Waals surface area contributed by atoms with E-state index in [2.05, 4.69) is 5.32 Å². The van der Waals surface area contributed by atoms with Gasteiger partial charge < -0.3 is 10.4 Å². The van der Waals surface area contributed by atoms with Crippen molar-refractivity contribution in [1.29, 1.82) is 0 Å². The number of hydrogen-bond donors (Lipinski definition) is 2. The minimum Gasteiger partial charge on any atom is -0.396 e. The van der Waals surface area contributed by atoms with E-state index in [1.54, 1.807) is 24.3 Å². The van der Waals surface area contributed by atoms with Crippen LogP contribution in [-0.2, 0) is 20.6 Å². The van der Waals surface area contributed by atoms with Crippen molar-refractivity contribution in [2.45, 2.75) is 23.6 Å². The number of aliphatic hydroxyl groups is 1. The second-order valence-corrected chi connectivity index (χ2v) is 11.4. The number of carbonyl (C=O) groups is 1. The van der Waals surface area contributed by atoms with Gasteiger partial charge in [0, 0.05) is 18.9 Å². The van der Waals surface area contributed by atoms with Crippen molar-refractivity contribution in [2.24, 2.45) is 0 Å². The van der Waals surface area contributed by atoms with Gasteiger partial charge >= 0.3 is 0 Å². The van der Waals surface area contributed by atoms with Gasteiger partial charge in [0.2, 0.25) is 15.9 Å². The summed E-state index contributed by atoms with van der Waals surface area (Å²) in [6.45, 7) is 0.0650. The quantitative estimate of drug-likeness (QED) is 0.452. The lowest BCUT2D eigenvalue weighted by Crippen LogP contribution is -2.46. The first-order valence-corrected chi connectivity index (χ1v) is 14.0. The molecule has 0 spiro atoms. The zero-order valence-corrected chi connectivity index (χ0v) is 20.6. The predicted molar refractivity (Wildman–Crippen MR) is 136 cm³/mol. The van der Waals surface area contributed by atoms with E-state index in [0.717, 1.165) is 11.1 Å². The van der Waals surface area contributed by atoms with Gasteiger partial charge in [0.25, 0.3) is 0 Å². The number of thioether (sulfide) groups is 1. The van der Waals surface area contributed by atoms with Crippen LogP contribution in [0.1, 0.15) is 23.6 Å². The lowest BCUT2D eigenvalue weighted by Gasteiger charge is -2.25. The molecule has 0 radical (unpaired) electrons. The van der Waals surface area contributed by atoms with E-state index in [9.17, 15) is 22.7 Å². The van der Waals surface area contributed by atoms with Crippen molar-refractivity contribution < 1.29 is 22.7 Å². The zero-order valence-electron chi connectivity index (χ0n) is 19.0. The van der Waals surface area contributed by atoms with Gasteiger partial charge in [-0.15, -0.1) is 11.8 Å². The number of hydrogen-bond acceptors (Lipinski definition) is 5. The number of carbonyl (C=O) groups excluding carboxylic acids is 1. The van der Waals surface area contributed by atoms with Crippen LogP contribution in [0.2, 0.25) is 0 Å². The molecule has 1 heterocycles. The lowest BCUT2D eigenvalue weighted by molar-refractivity contribution is -0.123. The van der Waals surface area contributed by atoms with Gasteiger partial charge in [-0.1, -0.05) is 66.7 Å². The molecule has 3 aromatic rings. The Balaban J connectivity index is 1.45. The third-order valence-corrected chi connectivity index (χ3v) is 8.99. The topological polar surface area (TPSA) is 86.7 Å². The summed E-state index contributed by atoms with van der Waals surface area (Å²) < 4.78 is 41.0. The number of sulfonamides is 1. The van der Waals surface area contributed by atoms with Crippen LogP contribution >= 0.6 is 11.8 Å². The monoisotopic (exact) mass is 514 g/mol. The smallest absolute Gasteiger partial charge is 0.249 e. The van der Waals surface area contributed by atoms with Crippen molar-refractivity contribution in [3.8, 4) is 11.1 Å². The third kappa shape index (κ3) is 6.29. The Morgan fingerprint density at radius 1 is 1.03 bits per heavy atom. The fourth-order valence-corrected chi connectivity index (χ4v) is 7.30. The SMILES string of the molecule is O=C(N[C@@H](CCO)c1ccc(F)cc1)[C@@H]1SCCN1S(=O)(=O)Cc1ccc(-c2ccccc2)cc1. The minimum atomic E-state index is -3.75. The maximum atomic E-state index is 13.3. The molecule has 1 saturated heterocycles. The number of rotatable bonds is 9. The van der Waals surface area contributed by atoms with E-state index < -0.39 is 33.2 Å². The Bertz CT molecular complexity index is 1240. The molecule has 0 aliphatic carbocycles. The molecule has 1 aliphatic rings. The average molecular weight is 515 g/mol. The average Bonchev–Trinajstić information content (AvgIpc) is 3.37.